The van der Waals surface area contributed by atoms with Crippen molar-refractivity contribution in [3.05, 3.63) is 113 Å². The van der Waals surface area contributed by atoms with Crippen LogP contribution in [0, 0.1) is 13.8 Å². The van der Waals surface area contributed by atoms with Gasteiger partial charge in [0.05, 0.1) is 0 Å². The third-order valence-electron chi connectivity index (χ3n) is 7.93. The van der Waals surface area contributed by atoms with Gasteiger partial charge in [0.1, 0.15) is 0 Å². The van der Waals surface area contributed by atoms with E-state index in [0.717, 1.165) is 11.4 Å². The monoisotopic (exact) mass is 474 g/mol. The minimum absolute atomic E-state index is 0.197. The van der Waals surface area contributed by atoms with Crippen LogP contribution in [0.1, 0.15) is 62.8 Å². The van der Waals surface area contributed by atoms with E-state index in [2.05, 4.69) is 143 Å². The molecule has 0 amide bonds. The van der Waals surface area contributed by atoms with Crippen molar-refractivity contribution in [2.24, 2.45) is 0 Å². The maximum absolute atomic E-state index is 3.78. The quantitative estimate of drug-likeness (QED) is 0.309. The Bertz CT molecular complexity index is 1300. The molecule has 5 rings (SSSR count). The smallest absolute Gasteiger partial charge is 0.0468 e. The number of nitrogens with zero attached hydrogens (tertiary/aromatic N) is 1. The van der Waals surface area contributed by atoms with Crippen molar-refractivity contribution < 1.29 is 0 Å². The molecule has 0 fully saturated rings. The summed E-state index contributed by atoms with van der Waals surface area (Å²) in [6.07, 6.45) is 2.46. The lowest BCUT2D eigenvalue weighted by atomic mass is 9.63. The average Bonchev–Trinajstić information content (AvgIpc) is 2.86. The van der Waals surface area contributed by atoms with Crippen molar-refractivity contribution >= 4 is 28.4 Å². The van der Waals surface area contributed by atoms with E-state index in [9.17, 15) is 0 Å². The van der Waals surface area contributed by atoms with Gasteiger partial charge in [-0.1, -0.05) is 70.2 Å². The third kappa shape index (κ3) is 4.53. The first-order valence-electron chi connectivity index (χ1n) is 13.1. The maximum atomic E-state index is 3.78. The number of aryl methyl sites for hydroxylation is 2. The van der Waals surface area contributed by atoms with Crippen LogP contribution in [0.3, 0.4) is 0 Å². The molecule has 1 aliphatic carbocycles. The number of hydrogen-bond acceptors (Lipinski definition) is 2. The summed E-state index contributed by atoms with van der Waals surface area (Å²) < 4.78 is 0. The number of para-hydroxylation sites is 2. The Morgan fingerprint density at radius 2 is 1.08 bits per heavy atom. The van der Waals surface area contributed by atoms with Gasteiger partial charge in [-0.2, -0.15) is 0 Å². The standard InChI is InChI=1S/C34H38N2/c1-24-21-29(36(27-13-9-7-10-14-27)28-15-11-8-12-16-28)22-25(2)32(24)35-26-17-18-30-31(23-26)34(5,6)20-19-33(30,3)4/h7-18,21-23,35H,19-20H2,1-6H3. The molecule has 0 aliphatic heterocycles. The van der Waals surface area contributed by atoms with E-state index in [0.29, 0.717) is 0 Å². The van der Waals surface area contributed by atoms with Crippen LogP contribution in [0.2, 0.25) is 0 Å². The lowest BCUT2D eigenvalue weighted by Crippen LogP contribution is -2.33. The van der Waals surface area contributed by atoms with E-state index in [1.54, 1.807) is 0 Å². The van der Waals surface area contributed by atoms with Crippen LogP contribution in [0.5, 0.6) is 0 Å². The fourth-order valence-corrected chi connectivity index (χ4v) is 5.68. The van der Waals surface area contributed by atoms with Crippen LogP contribution in [0.4, 0.5) is 28.4 Å². The fourth-order valence-electron chi connectivity index (χ4n) is 5.68. The SMILES string of the molecule is Cc1cc(N(c2ccccc2)c2ccccc2)cc(C)c1Nc1ccc2c(c1)C(C)(C)CCC2(C)C. The predicted molar refractivity (Wildman–Crippen MR) is 156 cm³/mol. The van der Waals surface area contributed by atoms with Gasteiger partial charge in [-0.25, -0.2) is 0 Å². The number of rotatable bonds is 5. The van der Waals surface area contributed by atoms with Gasteiger partial charge in [-0.15, -0.1) is 0 Å². The van der Waals surface area contributed by atoms with Crippen molar-refractivity contribution in [2.75, 3.05) is 10.2 Å². The Morgan fingerprint density at radius 3 is 1.61 bits per heavy atom. The molecule has 0 aromatic heterocycles. The molecule has 2 heteroatoms. The Balaban J connectivity index is 1.53. The molecule has 1 aliphatic rings. The molecule has 184 valence electrons. The second-order valence-corrected chi connectivity index (χ2v) is 11.6. The van der Waals surface area contributed by atoms with Crippen molar-refractivity contribution in [1.82, 2.24) is 0 Å². The molecule has 0 heterocycles. The molecule has 0 atom stereocenters. The fraction of sp³-hybridized carbons (Fsp3) is 0.294. The van der Waals surface area contributed by atoms with Crippen molar-refractivity contribution in [3.8, 4) is 0 Å². The summed E-state index contributed by atoms with van der Waals surface area (Å²) in [5.41, 5.74) is 11.7. The maximum Gasteiger partial charge on any atom is 0.0468 e. The molecule has 0 bridgehead atoms. The molecule has 0 saturated heterocycles. The minimum Gasteiger partial charge on any atom is -0.355 e. The molecule has 0 spiro atoms. The van der Waals surface area contributed by atoms with Gasteiger partial charge in [-0.05, 0) is 108 Å². The summed E-state index contributed by atoms with van der Waals surface area (Å²) in [5.74, 6) is 0. The van der Waals surface area contributed by atoms with Crippen LogP contribution >= 0.6 is 0 Å². The highest BCUT2D eigenvalue weighted by Crippen LogP contribution is 2.47. The molecular weight excluding hydrogens is 436 g/mol. The minimum atomic E-state index is 0.197. The van der Waals surface area contributed by atoms with E-state index in [-0.39, 0.29) is 10.8 Å². The van der Waals surface area contributed by atoms with Gasteiger partial charge in [0.15, 0.2) is 0 Å². The first kappa shape index (κ1) is 24.2. The number of benzene rings is 4. The molecule has 4 aromatic carbocycles. The zero-order chi connectivity index (χ0) is 25.5. The summed E-state index contributed by atoms with van der Waals surface area (Å²) in [6, 6.07) is 32.8. The van der Waals surface area contributed by atoms with Gasteiger partial charge in [-0.3, -0.25) is 0 Å². The van der Waals surface area contributed by atoms with Crippen molar-refractivity contribution in [3.63, 3.8) is 0 Å². The lowest BCUT2D eigenvalue weighted by molar-refractivity contribution is 0.332. The summed E-state index contributed by atoms with van der Waals surface area (Å²) in [5, 5.41) is 3.78. The Hall–Kier alpha value is -3.52. The molecule has 0 radical (unpaired) electrons. The van der Waals surface area contributed by atoms with Gasteiger partial charge >= 0.3 is 0 Å². The predicted octanol–water partition coefficient (Wildman–Crippen LogP) is 9.87. The summed E-state index contributed by atoms with van der Waals surface area (Å²) in [4.78, 5) is 2.33. The van der Waals surface area contributed by atoms with Crippen molar-refractivity contribution in [2.45, 2.75) is 65.2 Å². The molecule has 2 nitrogen and oxygen atoms in total. The number of fused-ring (bicyclic) bond motifs is 1. The van der Waals surface area contributed by atoms with Gasteiger partial charge in [0.25, 0.3) is 0 Å². The topological polar surface area (TPSA) is 15.3 Å². The molecule has 0 unspecified atom stereocenters. The zero-order valence-corrected chi connectivity index (χ0v) is 22.5. The van der Waals surface area contributed by atoms with Crippen LogP contribution in [0.15, 0.2) is 91.0 Å². The highest BCUT2D eigenvalue weighted by atomic mass is 15.1. The van der Waals surface area contributed by atoms with Gasteiger partial charge in [0.2, 0.25) is 0 Å². The number of anilines is 5. The molecule has 4 aromatic rings. The molecule has 0 saturated carbocycles. The Morgan fingerprint density at radius 1 is 0.583 bits per heavy atom. The summed E-state index contributed by atoms with van der Waals surface area (Å²) >= 11 is 0. The largest absolute Gasteiger partial charge is 0.355 e. The summed E-state index contributed by atoms with van der Waals surface area (Å²) in [7, 11) is 0. The second kappa shape index (κ2) is 9.17. The number of nitrogens with one attached hydrogen (secondary N) is 1. The van der Waals surface area contributed by atoms with Crippen LogP contribution < -0.4 is 10.2 Å². The highest BCUT2D eigenvalue weighted by molar-refractivity contribution is 5.80. The van der Waals surface area contributed by atoms with E-state index in [4.69, 9.17) is 0 Å². The van der Waals surface area contributed by atoms with Gasteiger partial charge < -0.3 is 10.2 Å². The first-order valence-corrected chi connectivity index (χ1v) is 13.1. The van der Waals surface area contributed by atoms with E-state index >= 15 is 0 Å². The highest BCUT2D eigenvalue weighted by Gasteiger charge is 2.37. The Labute approximate surface area is 217 Å². The third-order valence-corrected chi connectivity index (χ3v) is 7.93. The lowest BCUT2D eigenvalue weighted by Gasteiger charge is -2.42. The van der Waals surface area contributed by atoms with E-state index < -0.39 is 0 Å². The zero-order valence-electron chi connectivity index (χ0n) is 22.5. The van der Waals surface area contributed by atoms with Crippen LogP contribution in [-0.4, -0.2) is 0 Å². The summed E-state index contributed by atoms with van der Waals surface area (Å²) in [6.45, 7) is 13.9. The van der Waals surface area contributed by atoms with E-state index in [1.165, 1.54) is 52.2 Å². The van der Waals surface area contributed by atoms with Crippen LogP contribution in [0.25, 0.3) is 0 Å². The molecule has 36 heavy (non-hydrogen) atoms. The van der Waals surface area contributed by atoms with Crippen LogP contribution in [-0.2, 0) is 10.8 Å². The first-order chi connectivity index (χ1) is 17.2. The molecular formula is C34H38N2. The van der Waals surface area contributed by atoms with E-state index in [1.807, 2.05) is 0 Å². The normalized spacial score (nSPS) is 15.7. The Kier molecular flexibility index (Phi) is 6.16. The average molecular weight is 475 g/mol. The van der Waals surface area contributed by atoms with Crippen molar-refractivity contribution in [1.29, 1.82) is 0 Å². The van der Waals surface area contributed by atoms with Gasteiger partial charge in [0, 0.05) is 28.4 Å². The number of hydrogen-bond donors (Lipinski definition) is 1. The second-order valence-electron chi connectivity index (χ2n) is 11.6. The molecule has 1 N–H and O–H groups in total.